The van der Waals surface area contributed by atoms with Crippen LogP contribution >= 0.6 is 0 Å². The first-order chi connectivity index (χ1) is 12.0. The summed E-state index contributed by atoms with van der Waals surface area (Å²) >= 11 is -2.67. The number of esters is 1. The Morgan fingerprint density at radius 1 is 1.23 bits per heavy atom. The van der Waals surface area contributed by atoms with Crippen molar-refractivity contribution in [2.24, 2.45) is 11.8 Å². The van der Waals surface area contributed by atoms with Gasteiger partial charge in [-0.15, -0.1) is 0 Å². The fraction of sp³-hybridized carbons (Fsp3) is 0.650. The van der Waals surface area contributed by atoms with Crippen LogP contribution in [0.25, 0.3) is 0 Å². The molecule has 0 N–H and O–H groups in total. The van der Waals surface area contributed by atoms with Gasteiger partial charge in [0.25, 0.3) is 0 Å². The van der Waals surface area contributed by atoms with E-state index >= 15 is 0 Å². The molecule has 6 heteroatoms. The Morgan fingerprint density at radius 2 is 1.81 bits per heavy atom. The summed E-state index contributed by atoms with van der Waals surface area (Å²) in [6.07, 6.45) is 1.00. The van der Waals surface area contributed by atoms with Crippen molar-refractivity contribution >= 4 is 17.3 Å². The molecule has 0 saturated carbocycles. The maximum absolute atomic E-state index is 12.4. The predicted molar refractivity (Wildman–Crippen MR) is 102 cm³/mol. The summed E-state index contributed by atoms with van der Waals surface area (Å²) in [6, 6.07) is 7.53. The van der Waals surface area contributed by atoms with E-state index in [1.165, 1.54) is 0 Å². The minimum Gasteiger partial charge on any atom is -0.750 e. The van der Waals surface area contributed by atoms with Crippen LogP contribution in [0, 0.1) is 18.8 Å². The summed E-state index contributed by atoms with van der Waals surface area (Å²) in [6.45, 7) is 11.6. The largest absolute Gasteiger partial charge is 0.750 e. The summed E-state index contributed by atoms with van der Waals surface area (Å²) < 4.78 is 33.2. The standard InChI is InChI=1S/C20H32O5S/c1-7-14(2)12-17(13-18(21)24-20(4,5)6)19(25-26(22)23)16-10-8-15(3)9-11-16/h8-11,14,17,19H,7,12-13H2,1-6H3,(H,22,23)/p-1. The van der Waals surface area contributed by atoms with E-state index in [1.54, 1.807) is 0 Å². The summed E-state index contributed by atoms with van der Waals surface area (Å²) in [4.78, 5) is 12.4. The van der Waals surface area contributed by atoms with Gasteiger partial charge in [-0.1, -0.05) is 50.1 Å². The molecule has 0 aliphatic rings. The molecule has 0 bridgehead atoms. The van der Waals surface area contributed by atoms with E-state index in [2.05, 4.69) is 13.8 Å². The molecular weight excluding hydrogens is 352 g/mol. The van der Waals surface area contributed by atoms with Crippen molar-refractivity contribution in [1.82, 2.24) is 0 Å². The molecule has 0 aliphatic carbocycles. The van der Waals surface area contributed by atoms with Crippen LogP contribution in [0.3, 0.4) is 0 Å². The van der Waals surface area contributed by atoms with E-state index in [-0.39, 0.29) is 18.3 Å². The minimum absolute atomic E-state index is 0.108. The van der Waals surface area contributed by atoms with Crippen molar-refractivity contribution in [2.75, 3.05) is 0 Å². The minimum atomic E-state index is -2.67. The van der Waals surface area contributed by atoms with Crippen molar-refractivity contribution in [3.8, 4) is 0 Å². The molecule has 1 rings (SSSR count). The van der Waals surface area contributed by atoms with E-state index in [9.17, 15) is 13.6 Å². The molecule has 4 unspecified atom stereocenters. The zero-order chi connectivity index (χ0) is 19.9. The molecule has 0 radical (unpaired) electrons. The van der Waals surface area contributed by atoms with Gasteiger partial charge in [0.1, 0.15) is 11.7 Å². The van der Waals surface area contributed by atoms with Gasteiger partial charge in [0.05, 0.1) is 17.8 Å². The van der Waals surface area contributed by atoms with Gasteiger partial charge in [-0.3, -0.25) is 8.98 Å². The monoisotopic (exact) mass is 383 g/mol. The van der Waals surface area contributed by atoms with Crippen LogP contribution in [0.15, 0.2) is 24.3 Å². The van der Waals surface area contributed by atoms with Gasteiger partial charge >= 0.3 is 5.97 Å². The zero-order valence-corrected chi connectivity index (χ0v) is 17.4. The molecule has 26 heavy (non-hydrogen) atoms. The predicted octanol–water partition coefficient (Wildman–Crippen LogP) is 4.63. The fourth-order valence-electron chi connectivity index (χ4n) is 2.84. The van der Waals surface area contributed by atoms with Crippen LogP contribution in [-0.2, 0) is 25.1 Å². The molecule has 0 aromatic heterocycles. The van der Waals surface area contributed by atoms with E-state index < -0.39 is 23.1 Å². The van der Waals surface area contributed by atoms with Crippen molar-refractivity contribution in [3.63, 3.8) is 0 Å². The van der Waals surface area contributed by atoms with E-state index in [0.29, 0.717) is 12.3 Å². The van der Waals surface area contributed by atoms with Crippen molar-refractivity contribution < 1.29 is 22.5 Å². The molecule has 0 saturated heterocycles. The lowest BCUT2D eigenvalue weighted by molar-refractivity contribution is -0.157. The number of carbonyl (C=O) groups is 1. The lowest BCUT2D eigenvalue weighted by atomic mass is 9.84. The number of hydrogen-bond donors (Lipinski definition) is 0. The topological polar surface area (TPSA) is 75.7 Å². The van der Waals surface area contributed by atoms with Gasteiger partial charge in [-0.05, 0) is 45.6 Å². The average Bonchev–Trinajstić information content (AvgIpc) is 2.50. The fourth-order valence-corrected chi connectivity index (χ4v) is 3.28. The number of carbonyl (C=O) groups excluding carboxylic acids is 1. The molecule has 148 valence electrons. The third kappa shape index (κ3) is 8.43. The second-order valence-corrected chi connectivity index (χ2v) is 8.53. The van der Waals surface area contributed by atoms with Crippen LogP contribution in [-0.4, -0.2) is 20.3 Å². The molecular formula is C20H31O5S-. The van der Waals surface area contributed by atoms with Gasteiger partial charge in [0.2, 0.25) is 0 Å². The molecule has 1 aromatic rings. The molecule has 0 spiro atoms. The van der Waals surface area contributed by atoms with Crippen LogP contribution in [0.2, 0.25) is 0 Å². The lowest BCUT2D eigenvalue weighted by Gasteiger charge is -2.30. The summed E-state index contributed by atoms with van der Waals surface area (Å²) in [5.74, 6) is -0.303. The average molecular weight is 384 g/mol. The number of hydrogen-bond acceptors (Lipinski definition) is 5. The highest BCUT2D eigenvalue weighted by molar-refractivity contribution is 7.74. The first-order valence-corrected chi connectivity index (χ1v) is 10.1. The number of ether oxygens (including phenoxy) is 1. The Labute approximate surface area is 160 Å². The van der Waals surface area contributed by atoms with E-state index in [1.807, 2.05) is 52.0 Å². The van der Waals surface area contributed by atoms with Gasteiger partial charge in [-0.2, -0.15) is 0 Å². The van der Waals surface area contributed by atoms with Crippen LogP contribution in [0.1, 0.15) is 71.1 Å². The highest BCUT2D eigenvalue weighted by atomic mass is 32.2. The number of aryl methyl sites for hydroxylation is 1. The molecule has 4 atom stereocenters. The maximum atomic E-state index is 12.4. The first kappa shape index (κ1) is 22.8. The highest BCUT2D eigenvalue weighted by Gasteiger charge is 2.30. The lowest BCUT2D eigenvalue weighted by Crippen LogP contribution is -2.28. The van der Waals surface area contributed by atoms with E-state index in [4.69, 9.17) is 8.92 Å². The van der Waals surface area contributed by atoms with Crippen molar-refractivity contribution in [3.05, 3.63) is 35.4 Å². The first-order valence-electron chi connectivity index (χ1n) is 9.06. The van der Waals surface area contributed by atoms with E-state index in [0.717, 1.165) is 17.5 Å². The second kappa shape index (κ2) is 10.2. The Morgan fingerprint density at radius 3 is 2.27 bits per heavy atom. The van der Waals surface area contributed by atoms with Crippen molar-refractivity contribution in [2.45, 2.75) is 72.5 Å². The van der Waals surface area contributed by atoms with Gasteiger partial charge in [0.15, 0.2) is 0 Å². The molecule has 0 aliphatic heterocycles. The normalized spacial score (nSPS) is 16.6. The summed E-state index contributed by atoms with van der Waals surface area (Å²) in [5, 5.41) is 0. The molecule has 0 heterocycles. The third-order valence-corrected chi connectivity index (χ3v) is 4.63. The molecule has 0 amide bonds. The van der Waals surface area contributed by atoms with Crippen LogP contribution in [0.4, 0.5) is 0 Å². The van der Waals surface area contributed by atoms with Crippen molar-refractivity contribution in [1.29, 1.82) is 0 Å². The van der Waals surface area contributed by atoms with Gasteiger partial charge in [0, 0.05) is 5.92 Å². The number of benzene rings is 1. The van der Waals surface area contributed by atoms with Crippen LogP contribution < -0.4 is 0 Å². The summed E-state index contributed by atoms with van der Waals surface area (Å²) in [7, 11) is 0. The Hall–Kier alpha value is -1.24. The van der Waals surface area contributed by atoms with Crippen LogP contribution in [0.5, 0.6) is 0 Å². The third-order valence-electron chi connectivity index (χ3n) is 4.27. The molecule has 1 aromatic carbocycles. The second-order valence-electron chi connectivity index (χ2n) is 7.93. The number of rotatable bonds is 9. The van der Waals surface area contributed by atoms with Gasteiger partial charge < -0.3 is 9.29 Å². The highest BCUT2D eigenvalue weighted by Crippen LogP contribution is 2.35. The Balaban J connectivity index is 3.12. The zero-order valence-electron chi connectivity index (χ0n) is 16.6. The Bertz CT molecular complexity index is 591. The molecule has 5 nitrogen and oxygen atoms in total. The maximum Gasteiger partial charge on any atom is 0.306 e. The SMILES string of the molecule is CCC(C)CC(CC(=O)OC(C)(C)C)C(OS(=O)[O-])c1ccc(C)cc1. The quantitative estimate of drug-likeness (QED) is 0.459. The molecule has 0 fully saturated rings. The Kier molecular flexibility index (Phi) is 8.93. The smallest absolute Gasteiger partial charge is 0.306 e. The van der Waals surface area contributed by atoms with Gasteiger partial charge in [-0.25, -0.2) is 4.21 Å². The summed E-state index contributed by atoms with van der Waals surface area (Å²) in [5.41, 5.74) is 1.23.